The fraction of sp³-hybridized carbons (Fsp3) is 0.364. The molecule has 0 saturated heterocycles. The predicted octanol–water partition coefficient (Wildman–Crippen LogP) is 2.99. The van der Waals surface area contributed by atoms with E-state index in [4.69, 9.17) is 0 Å². The van der Waals surface area contributed by atoms with Crippen LogP contribution in [-0.4, -0.2) is 12.1 Å². The fourth-order valence-electron chi connectivity index (χ4n) is 1.32. The highest BCUT2D eigenvalue weighted by atomic mass is 19.4. The van der Waals surface area contributed by atoms with Crippen molar-refractivity contribution in [1.82, 2.24) is 5.32 Å². The second-order valence-corrected chi connectivity index (χ2v) is 3.95. The molecule has 2 N–H and O–H groups in total. The zero-order valence-electron chi connectivity index (χ0n) is 8.84. The Balaban J connectivity index is 1.95. The van der Waals surface area contributed by atoms with E-state index >= 15 is 0 Å². The second kappa shape index (κ2) is 4.27. The van der Waals surface area contributed by atoms with Crippen LogP contribution in [0.25, 0.3) is 0 Å². The average Bonchev–Trinajstić information content (AvgIpc) is 3.01. The van der Waals surface area contributed by atoms with Crippen molar-refractivity contribution < 1.29 is 18.0 Å². The molecule has 1 aliphatic rings. The zero-order valence-corrected chi connectivity index (χ0v) is 8.84. The molecule has 1 aromatic carbocycles. The second-order valence-electron chi connectivity index (χ2n) is 3.95. The third-order valence-electron chi connectivity index (χ3n) is 2.38. The van der Waals surface area contributed by atoms with E-state index in [-0.39, 0.29) is 12.1 Å². The van der Waals surface area contributed by atoms with Crippen LogP contribution in [0.2, 0.25) is 0 Å². The van der Waals surface area contributed by atoms with Gasteiger partial charge in [0, 0.05) is 11.7 Å². The fourth-order valence-corrected chi connectivity index (χ4v) is 1.32. The number of hydrogen-bond acceptors (Lipinski definition) is 1. The number of anilines is 1. The molecule has 1 aromatic rings. The summed E-state index contributed by atoms with van der Waals surface area (Å²) in [5, 5.41) is 5.15. The van der Waals surface area contributed by atoms with Gasteiger partial charge in [-0.2, -0.15) is 13.2 Å². The summed E-state index contributed by atoms with van der Waals surface area (Å²) < 4.78 is 36.8. The maximum Gasteiger partial charge on any atom is 0.416 e. The van der Waals surface area contributed by atoms with Gasteiger partial charge in [0.1, 0.15) is 0 Å². The number of benzene rings is 1. The minimum absolute atomic E-state index is 0.212. The third-order valence-corrected chi connectivity index (χ3v) is 2.38. The van der Waals surface area contributed by atoms with Crippen LogP contribution in [0.3, 0.4) is 0 Å². The smallest absolute Gasteiger partial charge is 0.335 e. The summed E-state index contributed by atoms with van der Waals surface area (Å²) in [4.78, 5) is 11.3. The van der Waals surface area contributed by atoms with Gasteiger partial charge in [-0.15, -0.1) is 0 Å². The van der Waals surface area contributed by atoms with Crippen molar-refractivity contribution in [2.24, 2.45) is 0 Å². The van der Waals surface area contributed by atoms with E-state index in [1.54, 1.807) is 0 Å². The molecule has 0 atom stereocenters. The molecule has 17 heavy (non-hydrogen) atoms. The van der Waals surface area contributed by atoms with E-state index in [2.05, 4.69) is 10.6 Å². The quantitative estimate of drug-likeness (QED) is 0.825. The molecule has 92 valence electrons. The Morgan fingerprint density at radius 1 is 1.18 bits per heavy atom. The maximum absolute atomic E-state index is 12.3. The van der Waals surface area contributed by atoms with Gasteiger partial charge >= 0.3 is 12.2 Å². The van der Waals surface area contributed by atoms with E-state index in [0.717, 1.165) is 25.0 Å². The van der Waals surface area contributed by atoms with Crippen LogP contribution in [0.5, 0.6) is 0 Å². The van der Waals surface area contributed by atoms with Crippen LogP contribution in [-0.2, 0) is 6.18 Å². The normalized spacial score (nSPS) is 15.5. The highest BCUT2D eigenvalue weighted by Crippen LogP contribution is 2.29. The van der Waals surface area contributed by atoms with Gasteiger partial charge in [0.2, 0.25) is 0 Å². The standard InChI is InChI=1S/C11H11F3N2O/c12-11(13,14)7-1-3-8(4-2-7)15-10(17)16-9-5-6-9/h1-4,9H,5-6H2,(H2,15,16,17). The largest absolute Gasteiger partial charge is 0.416 e. The van der Waals surface area contributed by atoms with Crippen LogP contribution < -0.4 is 10.6 Å². The molecule has 0 heterocycles. The average molecular weight is 244 g/mol. The Bertz CT molecular complexity index is 410. The molecule has 0 spiro atoms. The monoisotopic (exact) mass is 244 g/mol. The minimum atomic E-state index is -4.35. The molecule has 0 aromatic heterocycles. The highest BCUT2D eigenvalue weighted by Gasteiger charge is 2.30. The number of nitrogens with one attached hydrogen (secondary N) is 2. The summed E-state index contributed by atoms with van der Waals surface area (Å²) in [7, 11) is 0. The lowest BCUT2D eigenvalue weighted by Crippen LogP contribution is -2.30. The molecule has 0 bridgehead atoms. The van der Waals surface area contributed by atoms with Gasteiger partial charge in [0.05, 0.1) is 5.56 Å². The molecule has 0 radical (unpaired) electrons. The Morgan fingerprint density at radius 2 is 1.76 bits per heavy atom. The molecule has 2 amide bonds. The van der Waals surface area contributed by atoms with Crippen molar-refractivity contribution in [3.8, 4) is 0 Å². The molecular weight excluding hydrogens is 233 g/mol. The number of carbonyl (C=O) groups is 1. The maximum atomic E-state index is 12.3. The zero-order chi connectivity index (χ0) is 12.5. The number of alkyl halides is 3. The van der Waals surface area contributed by atoms with Crippen molar-refractivity contribution in [2.75, 3.05) is 5.32 Å². The first-order valence-electron chi connectivity index (χ1n) is 5.20. The minimum Gasteiger partial charge on any atom is -0.335 e. The molecule has 0 unspecified atom stereocenters. The SMILES string of the molecule is O=C(Nc1ccc(C(F)(F)F)cc1)NC1CC1. The third kappa shape index (κ3) is 3.37. The van der Waals surface area contributed by atoms with Crippen LogP contribution in [0.1, 0.15) is 18.4 Å². The van der Waals surface area contributed by atoms with E-state index < -0.39 is 11.7 Å². The lowest BCUT2D eigenvalue weighted by atomic mass is 10.2. The van der Waals surface area contributed by atoms with Crippen molar-refractivity contribution >= 4 is 11.7 Å². The molecule has 0 aliphatic heterocycles. The summed E-state index contributed by atoms with van der Waals surface area (Å²) in [6, 6.07) is 4.17. The number of rotatable bonds is 2. The van der Waals surface area contributed by atoms with E-state index in [0.29, 0.717) is 5.69 Å². The van der Waals surface area contributed by atoms with Crippen LogP contribution in [0.4, 0.5) is 23.7 Å². The van der Waals surface area contributed by atoms with E-state index in [9.17, 15) is 18.0 Å². The van der Waals surface area contributed by atoms with E-state index in [1.165, 1.54) is 12.1 Å². The van der Waals surface area contributed by atoms with Crippen LogP contribution in [0.15, 0.2) is 24.3 Å². The van der Waals surface area contributed by atoms with Gasteiger partial charge in [-0.05, 0) is 37.1 Å². The molecule has 6 heteroatoms. The van der Waals surface area contributed by atoms with Crippen molar-refractivity contribution in [3.63, 3.8) is 0 Å². The van der Waals surface area contributed by atoms with Crippen molar-refractivity contribution in [2.45, 2.75) is 25.1 Å². The lowest BCUT2D eigenvalue weighted by Gasteiger charge is -2.09. The molecular formula is C11H11F3N2O. The summed E-state index contributed by atoms with van der Waals surface area (Å²) in [6.07, 6.45) is -2.43. The predicted molar refractivity (Wildman–Crippen MR) is 56.6 cm³/mol. The van der Waals surface area contributed by atoms with Gasteiger partial charge < -0.3 is 10.6 Å². The summed E-state index contributed by atoms with van der Waals surface area (Å²) >= 11 is 0. The molecule has 1 fully saturated rings. The number of hydrogen-bond donors (Lipinski definition) is 2. The number of amides is 2. The van der Waals surface area contributed by atoms with Crippen molar-refractivity contribution in [3.05, 3.63) is 29.8 Å². The van der Waals surface area contributed by atoms with Crippen molar-refractivity contribution in [1.29, 1.82) is 0 Å². The highest BCUT2D eigenvalue weighted by molar-refractivity contribution is 5.89. The Hall–Kier alpha value is -1.72. The lowest BCUT2D eigenvalue weighted by molar-refractivity contribution is -0.137. The van der Waals surface area contributed by atoms with Gasteiger partial charge in [-0.1, -0.05) is 0 Å². The van der Waals surface area contributed by atoms with E-state index in [1.807, 2.05) is 0 Å². The Morgan fingerprint density at radius 3 is 2.24 bits per heavy atom. The molecule has 3 nitrogen and oxygen atoms in total. The molecule has 1 aliphatic carbocycles. The Kier molecular flexibility index (Phi) is 2.95. The first-order valence-corrected chi connectivity index (χ1v) is 5.20. The number of urea groups is 1. The first kappa shape index (κ1) is 11.8. The number of carbonyl (C=O) groups excluding carboxylic acids is 1. The van der Waals surface area contributed by atoms with Gasteiger partial charge in [-0.25, -0.2) is 4.79 Å². The van der Waals surface area contributed by atoms with Crippen LogP contribution >= 0.6 is 0 Å². The Labute approximate surface area is 96.0 Å². The summed E-state index contributed by atoms with van der Waals surface area (Å²) in [5.41, 5.74) is -0.387. The topological polar surface area (TPSA) is 41.1 Å². The molecule has 2 rings (SSSR count). The molecule has 1 saturated carbocycles. The van der Waals surface area contributed by atoms with Gasteiger partial charge in [0.25, 0.3) is 0 Å². The van der Waals surface area contributed by atoms with Crippen LogP contribution in [0, 0.1) is 0 Å². The van der Waals surface area contributed by atoms with Gasteiger partial charge in [-0.3, -0.25) is 0 Å². The summed E-state index contributed by atoms with van der Waals surface area (Å²) in [6.45, 7) is 0. The number of halogens is 3. The summed E-state index contributed by atoms with van der Waals surface area (Å²) in [5.74, 6) is 0. The van der Waals surface area contributed by atoms with Gasteiger partial charge in [0.15, 0.2) is 0 Å². The first-order chi connectivity index (χ1) is 7.95.